The lowest BCUT2D eigenvalue weighted by molar-refractivity contribution is -0.122. The van der Waals surface area contributed by atoms with Gasteiger partial charge in [0.2, 0.25) is 26.0 Å². The molecular formula is C21H23N3O6S2. The van der Waals surface area contributed by atoms with Crippen molar-refractivity contribution < 1.29 is 26.4 Å². The number of nitrogens with zero attached hydrogens (tertiary/aromatic N) is 2. The van der Waals surface area contributed by atoms with E-state index in [4.69, 9.17) is 5.14 Å². The van der Waals surface area contributed by atoms with Crippen molar-refractivity contribution in [2.24, 2.45) is 5.14 Å². The summed E-state index contributed by atoms with van der Waals surface area (Å²) in [6, 6.07) is 11.4. The minimum atomic E-state index is -4.02. The van der Waals surface area contributed by atoms with Crippen LogP contribution >= 0.6 is 0 Å². The molecular weight excluding hydrogens is 454 g/mol. The highest BCUT2D eigenvalue weighted by molar-refractivity contribution is 7.89. The van der Waals surface area contributed by atoms with Gasteiger partial charge in [0.1, 0.15) is 6.04 Å². The van der Waals surface area contributed by atoms with E-state index in [0.717, 1.165) is 17.7 Å². The summed E-state index contributed by atoms with van der Waals surface area (Å²) < 4.78 is 51.2. The summed E-state index contributed by atoms with van der Waals surface area (Å²) in [4.78, 5) is 27.0. The van der Waals surface area contributed by atoms with Crippen molar-refractivity contribution in [2.45, 2.75) is 54.0 Å². The van der Waals surface area contributed by atoms with Crippen molar-refractivity contribution >= 4 is 37.5 Å². The summed E-state index contributed by atoms with van der Waals surface area (Å²) in [6.07, 6.45) is 2.65. The van der Waals surface area contributed by atoms with Crippen LogP contribution in [0, 0.1) is 0 Å². The topological polar surface area (TPSA) is 135 Å². The molecule has 0 bridgehead atoms. The fourth-order valence-electron chi connectivity index (χ4n) is 4.36. The Hall–Kier alpha value is -2.60. The summed E-state index contributed by atoms with van der Waals surface area (Å²) in [5.74, 6) is -1.20. The summed E-state index contributed by atoms with van der Waals surface area (Å²) >= 11 is 0. The number of rotatable bonds is 6. The molecule has 170 valence electrons. The van der Waals surface area contributed by atoms with E-state index in [2.05, 4.69) is 0 Å². The van der Waals surface area contributed by atoms with Gasteiger partial charge >= 0.3 is 0 Å². The fourth-order valence-corrected chi connectivity index (χ4v) is 6.73. The zero-order chi connectivity index (χ0) is 23.1. The lowest BCUT2D eigenvalue weighted by Crippen LogP contribution is -2.49. The molecule has 1 unspecified atom stereocenters. The van der Waals surface area contributed by atoms with Gasteiger partial charge in [-0.2, -0.15) is 4.31 Å². The predicted octanol–water partition coefficient (Wildman–Crippen LogP) is 1.60. The third kappa shape index (κ3) is 4.08. The van der Waals surface area contributed by atoms with Crippen LogP contribution in [-0.4, -0.2) is 45.0 Å². The molecule has 0 radical (unpaired) electrons. The largest absolute Gasteiger partial charge is 0.274 e. The van der Waals surface area contributed by atoms with Gasteiger partial charge in [0.15, 0.2) is 0 Å². The normalized spacial score (nSPS) is 20.4. The zero-order valence-electron chi connectivity index (χ0n) is 17.1. The van der Waals surface area contributed by atoms with Crippen LogP contribution in [0.1, 0.15) is 32.1 Å². The van der Waals surface area contributed by atoms with E-state index < -0.39 is 37.9 Å². The molecule has 1 aliphatic heterocycles. The quantitative estimate of drug-likeness (QED) is 0.628. The Morgan fingerprint density at radius 1 is 0.844 bits per heavy atom. The number of hydrogen-bond donors (Lipinski definition) is 1. The molecule has 0 aromatic heterocycles. The molecule has 32 heavy (non-hydrogen) atoms. The van der Waals surface area contributed by atoms with Crippen LogP contribution < -0.4 is 10.0 Å². The van der Waals surface area contributed by atoms with Crippen LogP contribution in [0.15, 0.2) is 64.4 Å². The number of carbonyl (C=O) groups excluding carboxylic acids is 2. The van der Waals surface area contributed by atoms with Crippen molar-refractivity contribution in [1.82, 2.24) is 4.31 Å². The van der Waals surface area contributed by atoms with Crippen molar-refractivity contribution in [3.63, 3.8) is 0 Å². The van der Waals surface area contributed by atoms with Crippen LogP contribution in [-0.2, 0) is 29.6 Å². The van der Waals surface area contributed by atoms with E-state index in [1.165, 1.54) is 40.7 Å². The van der Waals surface area contributed by atoms with Gasteiger partial charge in [-0.05, 0) is 49.2 Å². The molecule has 11 heteroatoms. The van der Waals surface area contributed by atoms with Gasteiger partial charge < -0.3 is 0 Å². The van der Waals surface area contributed by atoms with E-state index in [1.54, 1.807) is 18.2 Å². The Morgan fingerprint density at radius 3 is 2.00 bits per heavy atom. The second-order valence-corrected chi connectivity index (χ2v) is 11.3. The summed E-state index contributed by atoms with van der Waals surface area (Å²) in [5.41, 5.74) is 0.165. The summed E-state index contributed by atoms with van der Waals surface area (Å²) in [7, 11) is -7.95. The molecule has 1 aliphatic carbocycles. The number of primary sulfonamides is 1. The van der Waals surface area contributed by atoms with Crippen LogP contribution in [0.2, 0.25) is 0 Å². The third-order valence-corrected chi connectivity index (χ3v) is 8.76. The first-order valence-corrected chi connectivity index (χ1v) is 13.2. The fraction of sp³-hybridized carbons (Fsp3) is 0.333. The average molecular weight is 478 g/mol. The molecule has 1 atom stereocenters. The molecule has 2 aromatic carbocycles. The van der Waals surface area contributed by atoms with Crippen LogP contribution in [0.4, 0.5) is 5.69 Å². The van der Waals surface area contributed by atoms with Gasteiger partial charge in [-0.3, -0.25) is 9.59 Å². The van der Waals surface area contributed by atoms with Crippen LogP contribution in [0.5, 0.6) is 0 Å². The molecule has 2 N–H and O–H groups in total. The third-order valence-electron chi connectivity index (χ3n) is 5.86. The van der Waals surface area contributed by atoms with E-state index in [-0.39, 0.29) is 27.9 Å². The number of sulfonamides is 2. The first-order chi connectivity index (χ1) is 15.1. The molecule has 2 amide bonds. The number of anilines is 1. The monoisotopic (exact) mass is 477 g/mol. The lowest BCUT2D eigenvalue weighted by Gasteiger charge is -2.32. The van der Waals surface area contributed by atoms with Gasteiger partial charge in [-0.1, -0.05) is 31.0 Å². The molecule has 2 aromatic rings. The minimum Gasteiger partial charge on any atom is -0.274 e. The number of amides is 2. The molecule has 2 aliphatic rings. The summed E-state index contributed by atoms with van der Waals surface area (Å²) in [6.45, 7) is 0. The minimum absolute atomic E-state index is 0.0723. The maximum absolute atomic E-state index is 13.5. The maximum atomic E-state index is 13.5. The highest BCUT2D eigenvalue weighted by Crippen LogP contribution is 2.35. The zero-order valence-corrected chi connectivity index (χ0v) is 18.8. The van der Waals surface area contributed by atoms with Crippen LogP contribution in [0.3, 0.4) is 0 Å². The predicted molar refractivity (Wildman–Crippen MR) is 116 cm³/mol. The van der Waals surface area contributed by atoms with E-state index in [0.29, 0.717) is 12.8 Å². The molecule has 1 heterocycles. The standard InChI is InChI=1S/C21H23N3O6S2/c22-31(27,28)17-12-10-15(11-13-17)23-20(25)14-19(21(23)26)24(16-6-4-5-7-16)32(29,30)18-8-2-1-3-9-18/h1-3,8-13,16,19H,4-7,14H2,(H2,22,27,28). The Bertz CT molecular complexity index is 1240. The number of imide groups is 1. The molecule has 4 rings (SSSR count). The maximum Gasteiger partial charge on any atom is 0.252 e. The highest BCUT2D eigenvalue weighted by Gasteiger charge is 2.49. The Balaban J connectivity index is 1.71. The van der Waals surface area contributed by atoms with Gasteiger partial charge in [0.25, 0.3) is 5.91 Å². The Morgan fingerprint density at radius 2 is 1.44 bits per heavy atom. The smallest absolute Gasteiger partial charge is 0.252 e. The van der Waals surface area contributed by atoms with Crippen LogP contribution in [0.25, 0.3) is 0 Å². The lowest BCUT2D eigenvalue weighted by atomic mass is 10.2. The van der Waals surface area contributed by atoms with Crippen molar-refractivity contribution in [2.75, 3.05) is 4.90 Å². The Labute approximate surface area is 186 Å². The number of nitrogens with two attached hydrogens (primary N) is 1. The molecule has 0 spiro atoms. The van der Waals surface area contributed by atoms with Crippen molar-refractivity contribution in [3.05, 3.63) is 54.6 Å². The van der Waals surface area contributed by atoms with Gasteiger partial charge in [0.05, 0.1) is 21.9 Å². The van der Waals surface area contributed by atoms with E-state index in [9.17, 15) is 26.4 Å². The SMILES string of the molecule is NS(=O)(=O)c1ccc(N2C(=O)CC(N(C3CCCC3)S(=O)(=O)c3ccccc3)C2=O)cc1. The number of benzene rings is 2. The first-order valence-electron chi connectivity index (χ1n) is 10.2. The van der Waals surface area contributed by atoms with E-state index >= 15 is 0 Å². The molecule has 1 saturated carbocycles. The van der Waals surface area contributed by atoms with E-state index in [1.807, 2.05) is 0 Å². The van der Waals surface area contributed by atoms with Gasteiger partial charge in [-0.15, -0.1) is 0 Å². The second-order valence-electron chi connectivity index (χ2n) is 7.91. The first kappa shape index (κ1) is 22.6. The molecule has 9 nitrogen and oxygen atoms in total. The Kier molecular flexibility index (Phi) is 5.93. The second kappa shape index (κ2) is 8.39. The number of hydrogen-bond acceptors (Lipinski definition) is 6. The highest BCUT2D eigenvalue weighted by atomic mass is 32.2. The molecule has 2 fully saturated rings. The summed E-state index contributed by atoms with van der Waals surface area (Å²) in [5, 5.41) is 5.10. The van der Waals surface area contributed by atoms with Gasteiger partial charge in [0, 0.05) is 6.04 Å². The van der Waals surface area contributed by atoms with Gasteiger partial charge in [-0.25, -0.2) is 26.9 Å². The molecule has 1 saturated heterocycles. The van der Waals surface area contributed by atoms with Crippen molar-refractivity contribution in [1.29, 1.82) is 0 Å². The van der Waals surface area contributed by atoms with Crippen molar-refractivity contribution in [3.8, 4) is 0 Å². The number of carbonyl (C=O) groups is 2. The average Bonchev–Trinajstić information content (AvgIpc) is 3.37.